The first kappa shape index (κ1) is 14.5. The zero-order valence-electron chi connectivity index (χ0n) is 12.5. The van der Waals surface area contributed by atoms with E-state index in [2.05, 4.69) is 36.2 Å². The average Bonchev–Trinajstić information content (AvgIpc) is 2.85. The van der Waals surface area contributed by atoms with Crippen molar-refractivity contribution in [2.75, 3.05) is 0 Å². The van der Waals surface area contributed by atoms with E-state index in [1.807, 2.05) is 18.3 Å². The third-order valence-electron chi connectivity index (χ3n) is 4.24. The third kappa shape index (κ3) is 2.78. The van der Waals surface area contributed by atoms with Crippen molar-refractivity contribution in [1.29, 1.82) is 5.26 Å². The number of aliphatic imine (C=N–C) groups is 1. The van der Waals surface area contributed by atoms with Gasteiger partial charge in [-0.25, -0.2) is 4.39 Å². The molecule has 0 saturated carbocycles. The summed E-state index contributed by atoms with van der Waals surface area (Å²) in [5.41, 5.74) is 4.27. The third-order valence-corrected chi connectivity index (χ3v) is 4.24. The lowest BCUT2D eigenvalue weighted by molar-refractivity contribution is 0.609. The summed E-state index contributed by atoms with van der Waals surface area (Å²) in [7, 11) is 0. The zero-order chi connectivity index (χ0) is 15.6. The Bertz CT molecular complexity index is 756. The molecule has 2 nitrogen and oxygen atoms in total. The highest BCUT2D eigenvalue weighted by Crippen LogP contribution is 2.40. The van der Waals surface area contributed by atoms with Gasteiger partial charge in [0.05, 0.1) is 11.8 Å². The Morgan fingerprint density at radius 2 is 1.86 bits per heavy atom. The van der Waals surface area contributed by atoms with Gasteiger partial charge in [-0.15, -0.1) is 0 Å². The van der Waals surface area contributed by atoms with Crippen LogP contribution in [-0.2, 0) is 11.8 Å². The highest BCUT2D eigenvalue weighted by Gasteiger charge is 2.31. The minimum atomic E-state index is -0.212. The van der Waals surface area contributed by atoms with Crippen LogP contribution < -0.4 is 0 Å². The highest BCUT2D eigenvalue weighted by molar-refractivity contribution is 5.85. The molecule has 0 aliphatic carbocycles. The number of hydrogen-bond acceptors (Lipinski definition) is 2. The first-order valence-corrected chi connectivity index (χ1v) is 7.41. The zero-order valence-corrected chi connectivity index (χ0v) is 12.5. The van der Waals surface area contributed by atoms with Gasteiger partial charge in [0, 0.05) is 18.1 Å². The molecule has 0 fully saturated rings. The van der Waals surface area contributed by atoms with Crippen molar-refractivity contribution in [3.63, 3.8) is 0 Å². The molecule has 0 aromatic heterocycles. The summed E-state index contributed by atoms with van der Waals surface area (Å²) >= 11 is 0. The van der Waals surface area contributed by atoms with Crippen LogP contribution in [0, 0.1) is 17.1 Å². The molecule has 1 heterocycles. The number of benzene rings is 2. The minimum absolute atomic E-state index is 0.139. The number of halogens is 1. The Morgan fingerprint density at radius 3 is 2.59 bits per heavy atom. The van der Waals surface area contributed by atoms with Gasteiger partial charge >= 0.3 is 0 Å². The molecule has 0 N–H and O–H groups in total. The van der Waals surface area contributed by atoms with E-state index in [0.29, 0.717) is 6.42 Å². The summed E-state index contributed by atoms with van der Waals surface area (Å²) in [6.45, 7) is 2.12. The van der Waals surface area contributed by atoms with Crippen LogP contribution in [0.2, 0.25) is 0 Å². The monoisotopic (exact) mass is 292 g/mol. The molecule has 0 amide bonds. The van der Waals surface area contributed by atoms with E-state index in [-0.39, 0.29) is 11.2 Å². The average molecular weight is 292 g/mol. The molecular formula is C19H17FN2. The quantitative estimate of drug-likeness (QED) is 0.805. The predicted octanol–water partition coefficient (Wildman–Crippen LogP) is 4.69. The Labute approximate surface area is 129 Å². The van der Waals surface area contributed by atoms with Crippen LogP contribution in [0.15, 0.2) is 47.5 Å². The van der Waals surface area contributed by atoms with Crippen LogP contribution in [0.1, 0.15) is 36.5 Å². The summed E-state index contributed by atoms with van der Waals surface area (Å²) in [5.74, 6) is -0.212. The fourth-order valence-electron chi connectivity index (χ4n) is 2.91. The number of nitrogens with zero attached hydrogens (tertiary/aromatic N) is 2. The topological polar surface area (TPSA) is 36.1 Å². The van der Waals surface area contributed by atoms with E-state index in [9.17, 15) is 4.39 Å². The molecule has 1 unspecified atom stereocenters. The lowest BCUT2D eigenvalue weighted by Crippen LogP contribution is -2.20. The van der Waals surface area contributed by atoms with Crippen LogP contribution >= 0.6 is 0 Å². The van der Waals surface area contributed by atoms with Gasteiger partial charge in [0.1, 0.15) is 5.82 Å². The van der Waals surface area contributed by atoms with E-state index in [1.54, 1.807) is 0 Å². The van der Waals surface area contributed by atoms with Crippen LogP contribution in [0.3, 0.4) is 0 Å². The first-order valence-electron chi connectivity index (χ1n) is 7.41. The van der Waals surface area contributed by atoms with Crippen molar-refractivity contribution < 1.29 is 4.39 Å². The molecule has 22 heavy (non-hydrogen) atoms. The highest BCUT2D eigenvalue weighted by atomic mass is 19.1. The lowest BCUT2D eigenvalue weighted by Gasteiger charge is -2.21. The second kappa shape index (κ2) is 5.73. The van der Waals surface area contributed by atoms with Gasteiger partial charge in [0.15, 0.2) is 0 Å². The Hall–Kier alpha value is -2.47. The molecule has 110 valence electrons. The SMILES string of the molecule is CC1(CCC#N)C=Nc2cc(Cc3ccc(F)cc3)ccc21. The van der Waals surface area contributed by atoms with Gasteiger partial charge in [0.2, 0.25) is 0 Å². The number of rotatable bonds is 4. The van der Waals surface area contributed by atoms with Gasteiger partial charge in [-0.05, 0) is 47.7 Å². The second-order valence-corrected chi connectivity index (χ2v) is 5.99. The maximum Gasteiger partial charge on any atom is 0.123 e. The molecule has 0 radical (unpaired) electrons. The van der Waals surface area contributed by atoms with Gasteiger partial charge in [0.25, 0.3) is 0 Å². The van der Waals surface area contributed by atoms with E-state index in [0.717, 1.165) is 29.7 Å². The summed E-state index contributed by atoms with van der Waals surface area (Å²) in [6, 6.07) is 15.1. The van der Waals surface area contributed by atoms with Crippen molar-refractivity contribution in [2.24, 2.45) is 4.99 Å². The Morgan fingerprint density at radius 1 is 1.14 bits per heavy atom. The molecule has 0 bridgehead atoms. The summed E-state index contributed by atoms with van der Waals surface area (Å²) in [4.78, 5) is 4.53. The van der Waals surface area contributed by atoms with E-state index in [4.69, 9.17) is 5.26 Å². The molecule has 3 rings (SSSR count). The second-order valence-electron chi connectivity index (χ2n) is 5.99. The molecule has 1 aliphatic heterocycles. The van der Waals surface area contributed by atoms with E-state index in [1.165, 1.54) is 17.7 Å². The van der Waals surface area contributed by atoms with Gasteiger partial charge < -0.3 is 0 Å². The smallest absolute Gasteiger partial charge is 0.123 e. The summed E-state index contributed by atoms with van der Waals surface area (Å²) in [5, 5.41) is 8.80. The van der Waals surface area contributed by atoms with Crippen LogP contribution in [0.25, 0.3) is 0 Å². The Kier molecular flexibility index (Phi) is 3.77. The Balaban J connectivity index is 1.82. The molecule has 0 spiro atoms. The molecule has 2 aromatic rings. The maximum absolute atomic E-state index is 13.0. The largest absolute Gasteiger partial charge is 0.260 e. The first-order chi connectivity index (χ1) is 10.6. The van der Waals surface area contributed by atoms with E-state index < -0.39 is 0 Å². The minimum Gasteiger partial charge on any atom is -0.260 e. The summed E-state index contributed by atoms with van der Waals surface area (Å²) in [6.07, 6.45) is 4.03. The standard InChI is InChI=1S/C19H17FN2/c1-19(9-2-10-21)13-22-18-12-15(5-8-17(18)19)11-14-3-6-16(20)7-4-14/h3-8,12-13H,2,9,11H2,1H3. The van der Waals surface area contributed by atoms with Gasteiger partial charge in [-0.3, -0.25) is 4.99 Å². The molecular weight excluding hydrogens is 275 g/mol. The molecule has 2 aromatic carbocycles. The van der Waals surface area contributed by atoms with Crippen molar-refractivity contribution in [3.8, 4) is 6.07 Å². The molecule has 1 aliphatic rings. The van der Waals surface area contributed by atoms with Crippen molar-refractivity contribution in [1.82, 2.24) is 0 Å². The normalized spacial score (nSPS) is 19.0. The molecule has 1 atom stereocenters. The van der Waals surface area contributed by atoms with E-state index >= 15 is 0 Å². The predicted molar refractivity (Wildman–Crippen MR) is 86.0 cm³/mol. The molecule has 0 saturated heterocycles. The van der Waals surface area contributed by atoms with Gasteiger partial charge in [-0.2, -0.15) is 5.26 Å². The van der Waals surface area contributed by atoms with Crippen LogP contribution in [0.5, 0.6) is 0 Å². The maximum atomic E-state index is 13.0. The number of nitriles is 1. The number of fused-ring (bicyclic) bond motifs is 1. The van der Waals surface area contributed by atoms with Crippen LogP contribution in [0.4, 0.5) is 10.1 Å². The van der Waals surface area contributed by atoms with Crippen molar-refractivity contribution in [3.05, 3.63) is 65.0 Å². The number of hydrogen-bond donors (Lipinski definition) is 0. The van der Waals surface area contributed by atoms with Gasteiger partial charge in [-0.1, -0.05) is 31.2 Å². The van der Waals surface area contributed by atoms with Crippen LogP contribution in [-0.4, -0.2) is 6.21 Å². The fourth-order valence-corrected chi connectivity index (χ4v) is 2.91. The summed E-state index contributed by atoms with van der Waals surface area (Å²) < 4.78 is 13.0. The molecule has 3 heteroatoms. The lowest BCUT2D eigenvalue weighted by atomic mass is 9.80. The van der Waals surface area contributed by atoms with Crippen molar-refractivity contribution >= 4 is 11.9 Å². The van der Waals surface area contributed by atoms with Crippen molar-refractivity contribution in [2.45, 2.75) is 31.6 Å². The fraction of sp³-hybridized carbons (Fsp3) is 0.263.